The Balaban J connectivity index is 1.27. The summed E-state index contributed by atoms with van der Waals surface area (Å²) in [7, 11) is 0. The van der Waals surface area contributed by atoms with Crippen LogP contribution in [0.1, 0.15) is 59.9 Å². The molecule has 6 nitrogen and oxygen atoms in total. The number of carbonyl (C=O) groups is 1. The Morgan fingerprint density at radius 3 is 2.44 bits per heavy atom. The van der Waals surface area contributed by atoms with Crippen LogP contribution in [0.25, 0.3) is 22.5 Å². The average molecular weight is 537 g/mol. The third kappa shape index (κ3) is 5.36. The molecule has 1 heterocycles. The molecule has 1 aromatic heterocycles. The second-order valence-corrected chi connectivity index (χ2v) is 12.9. The molecule has 6 rings (SSSR count). The van der Waals surface area contributed by atoms with Crippen molar-refractivity contribution in [2.24, 2.45) is 28.6 Å². The van der Waals surface area contributed by atoms with Gasteiger partial charge in [0.2, 0.25) is 0 Å². The van der Waals surface area contributed by atoms with Crippen molar-refractivity contribution >= 4 is 5.97 Å². The number of esters is 1. The van der Waals surface area contributed by atoms with Crippen molar-refractivity contribution in [1.29, 1.82) is 0 Å². The molecular formula is C31H38F2N4O2. The second-order valence-electron chi connectivity index (χ2n) is 12.9. The van der Waals surface area contributed by atoms with E-state index in [-0.39, 0.29) is 30.9 Å². The SMILES string of the molecule is C[C@@H]1[C@H]2C[C@H](C[C@H]1NCc1c(F)cc(-c3cccc(-c4ncn(COC(=O)C(C)(C)C)n4)c3)cc1F)C2(C)C. The number of benzene rings is 2. The van der Waals surface area contributed by atoms with E-state index in [0.29, 0.717) is 45.7 Å². The highest BCUT2D eigenvalue weighted by Gasteiger charge is 2.56. The largest absolute Gasteiger partial charge is 0.442 e. The average Bonchev–Trinajstić information content (AvgIpc) is 3.35. The molecule has 0 amide bonds. The van der Waals surface area contributed by atoms with Gasteiger partial charge in [0.1, 0.15) is 18.0 Å². The summed E-state index contributed by atoms with van der Waals surface area (Å²) < 4.78 is 37.1. The number of carbonyl (C=O) groups excluding carboxylic acids is 1. The van der Waals surface area contributed by atoms with E-state index in [0.717, 1.165) is 6.42 Å². The van der Waals surface area contributed by atoms with Gasteiger partial charge in [-0.25, -0.2) is 18.4 Å². The molecule has 3 aliphatic rings. The van der Waals surface area contributed by atoms with Gasteiger partial charge in [0, 0.05) is 23.7 Å². The van der Waals surface area contributed by atoms with Gasteiger partial charge in [0.15, 0.2) is 12.6 Å². The maximum absolute atomic E-state index is 15.2. The van der Waals surface area contributed by atoms with E-state index in [1.54, 1.807) is 39.0 Å². The Hall–Kier alpha value is -3.13. The third-order valence-electron chi connectivity index (χ3n) is 8.97. The predicted molar refractivity (Wildman–Crippen MR) is 146 cm³/mol. The van der Waals surface area contributed by atoms with Crippen molar-refractivity contribution in [2.75, 3.05) is 0 Å². The predicted octanol–water partition coefficient (Wildman–Crippen LogP) is 6.60. The molecule has 208 valence electrons. The van der Waals surface area contributed by atoms with E-state index in [4.69, 9.17) is 4.74 Å². The fraction of sp³-hybridized carbons (Fsp3) is 0.516. The number of aromatic nitrogens is 3. The van der Waals surface area contributed by atoms with E-state index < -0.39 is 17.0 Å². The molecule has 0 unspecified atom stereocenters. The van der Waals surface area contributed by atoms with Crippen LogP contribution < -0.4 is 5.32 Å². The van der Waals surface area contributed by atoms with Gasteiger partial charge < -0.3 is 10.1 Å². The molecule has 3 fully saturated rings. The lowest BCUT2D eigenvalue weighted by Gasteiger charge is -2.62. The minimum Gasteiger partial charge on any atom is -0.442 e. The Labute approximate surface area is 229 Å². The number of hydrogen-bond donors (Lipinski definition) is 1. The van der Waals surface area contributed by atoms with Crippen LogP contribution in [0, 0.1) is 40.2 Å². The Morgan fingerprint density at radius 2 is 1.79 bits per heavy atom. The van der Waals surface area contributed by atoms with Gasteiger partial charge in [0.05, 0.1) is 5.41 Å². The Morgan fingerprint density at radius 1 is 1.10 bits per heavy atom. The van der Waals surface area contributed by atoms with Crippen LogP contribution in [0.3, 0.4) is 0 Å². The quantitative estimate of drug-likeness (QED) is 0.345. The lowest BCUT2D eigenvalue weighted by molar-refractivity contribution is -0.157. The summed E-state index contributed by atoms with van der Waals surface area (Å²) in [6.07, 6.45) is 3.81. The standard InChI is InChI=1S/C31H38F2N4O2/c1-18-24-13-22(31(24,5)6)14-27(18)34-15-23-25(32)11-21(12-26(23)33)19-8-7-9-20(10-19)28-35-16-37(36-28)17-39-29(38)30(2,3)4/h7-12,16,18,22,24,27,34H,13-15,17H2,1-6H3/t18-,22-,24-,27-/m1/s1. The fourth-order valence-electron chi connectivity index (χ4n) is 6.26. The molecule has 0 spiro atoms. The summed E-state index contributed by atoms with van der Waals surface area (Å²) in [5.41, 5.74) is 1.63. The van der Waals surface area contributed by atoms with Crippen LogP contribution in [0.2, 0.25) is 0 Å². The first-order chi connectivity index (χ1) is 18.3. The number of hydrogen-bond acceptors (Lipinski definition) is 5. The zero-order valence-corrected chi connectivity index (χ0v) is 23.6. The first-order valence-corrected chi connectivity index (χ1v) is 13.7. The topological polar surface area (TPSA) is 69.0 Å². The second kappa shape index (κ2) is 10.1. The molecule has 2 bridgehead atoms. The normalized spacial score (nSPS) is 23.8. The molecule has 1 N–H and O–H groups in total. The minimum atomic E-state index is -0.611. The van der Waals surface area contributed by atoms with Crippen molar-refractivity contribution in [1.82, 2.24) is 20.1 Å². The molecule has 3 aliphatic carbocycles. The Bertz CT molecular complexity index is 1350. The number of nitrogens with zero attached hydrogens (tertiary/aromatic N) is 3. The van der Waals surface area contributed by atoms with Crippen LogP contribution in [0.4, 0.5) is 8.78 Å². The number of rotatable bonds is 7. The van der Waals surface area contributed by atoms with Crippen LogP contribution >= 0.6 is 0 Å². The van der Waals surface area contributed by atoms with E-state index in [1.165, 1.54) is 29.6 Å². The third-order valence-corrected chi connectivity index (χ3v) is 8.97. The van der Waals surface area contributed by atoms with Crippen LogP contribution in [-0.4, -0.2) is 26.8 Å². The van der Waals surface area contributed by atoms with Gasteiger partial charge in [-0.3, -0.25) is 4.79 Å². The molecular weight excluding hydrogens is 498 g/mol. The van der Waals surface area contributed by atoms with Crippen molar-refractivity contribution in [3.05, 3.63) is 59.9 Å². The number of ether oxygens (including phenoxy) is 1. The number of fused-ring (bicyclic) bond motifs is 2. The van der Waals surface area contributed by atoms with Crippen molar-refractivity contribution in [2.45, 2.75) is 73.7 Å². The number of halogens is 2. The molecule has 0 radical (unpaired) electrons. The summed E-state index contributed by atoms with van der Waals surface area (Å²) >= 11 is 0. The lowest BCUT2D eigenvalue weighted by atomic mass is 9.45. The molecule has 0 saturated heterocycles. The van der Waals surface area contributed by atoms with Gasteiger partial charge in [0.25, 0.3) is 0 Å². The van der Waals surface area contributed by atoms with Gasteiger partial charge in [-0.1, -0.05) is 39.0 Å². The molecule has 3 aromatic rings. The summed E-state index contributed by atoms with van der Waals surface area (Å²) in [4.78, 5) is 16.3. The van der Waals surface area contributed by atoms with Crippen molar-refractivity contribution in [3.63, 3.8) is 0 Å². The first-order valence-electron chi connectivity index (χ1n) is 13.7. The summed E-state index contributed by atoms with van der Waals surface area (Å²) in [5, 5.41) is 7.84. The van der Waals surface area contributed by atoms with Crippen LogP contribution in [0.15, 0.2) is 42.7 Å². The fourth-order valence-corrected chi connectivity index (χ4v) is 6.26. The molecule has 0 aliphatic heterocycles. The maximum Gasteiger partial charge on any atom is 0.313 e. The first kappa shape index (κ1) is 27.4. The molecule has 2 aromatic carbocycles. The van der Waals surface area contributed by atoms with E-state index in [1.807, 2.05) is 6.07 Å². The smallest absolute Gasteiger partial charge is 0.313 e. The molecule has 8 heteroatoms. The zero-order valence-electron chi connectivity index (χ0n) is 23.6. The Kier molecular flexibility index (Phi) is 7.12. The van der Waals surface area contributed by atoms with Gasteiger partial charge in [-0.05, 0) is 86.1 Å². The maximum atomic E-state index is 15.2. The molecule has 3 saturated carbocycles. The lowest BCUT2D eigenvalue weighted by Crippen LogP contribution is -2.59. The minimum absolute atomic E-state index is 0.0482. The molecule has 4 atom stereocenters. The number of nitrogens with one attached hydrogen (secondary N) is 1. The van der Waals surface area contributed by atoms with Gasteiger partial charge in [-0.15, -0.1) is 5.10 Å². The van der Waals surface area contributed by atoms with E-state index in [9.17, 15) is 4.79 Å². The van der Waals surface area contributed by atoms with Crippen LogP contribution in [0.5, 0.6) is 0 Å². The zero-order chi connectivity index (χ0) is 28.1. The highest BCUT2D eigenvalue weighted by molar-refractivity contribution is 5.75. The highest BCUT2D eigenvalue weighted by Crippen LogP contribution is 2.61. The van der Waals surface area contributed by atoms with E-state index in [2.05, 4.69) is 36.2 Å². The van der Waals surface area contributed by atoms with E-state index >= 15 is 8.78 Å². The summed E-state index contributed by atoms with van der Waals surface area (Å²) in [5.74, 6) is 0.810. The highest BCUT2D eigenvalue weighted by atomic mass is 19.1. The molecule has 39 heavy (non-hydrogen) atoms. The van der Waals surface area contributed by atoms with Crippen LogP contribution in [-0.2, 0) is 22.8 Å². The summed E-state index contributed by atoms with van der Waals surface area (Å²) in [6, 6.07) is 10.3. The van der Waals surface area contributed by atoms with Crippen molar-refractivity contribution < 1.29 is 18.3 Å². The monoisotopic (exact) mass is 536 g/mol. The summed E-state index contributed by atoms with van der Waals surface area (Å²) in [6.45, 7) is 12.4. The van der Waals surface area contributed by atoms with Gasteiger partial charge >= 0.3 is 5.97 Å². The van der Waals surface area contributed by atoms with Gasteiger partial charge in [-0.2, -0.15) is 0 Å². The van der Waals surface area contributed by atoms with Crippen molar-refractivity contribution in [3.8, 4) is 22.5 Å².